The molecule has 0 aromatic heterocycles. The Kier molecular flexibility index (Phi) is 5.94. The van der Waals surface area contributed by atoms with Crippen molar-refractivity contribution in [2.75, 3.05) is 5.32 Å². The Morgan fingerprint density at radius 2 is 2.10 bits per heavy atom. The smallest absolute Gasteiger partial charge is 0.326 e. The molecule has 0 bridgehead atoms. The molecule has 0 saturated carbocycles. The average molecular weight is 347 g/mol. The van der Waals surface area contributed by atoms with Gasteiger partial charge in [-0.25, -0.2) is 14.0 Å². The molecule has 0 saturated heterocycles. The van der Waals surface area contributed by atoms with Crippen LogP contribution < -0.4 is 10.6 Å². The Morgan fingerprint density at radius 3 is 2.65 bits per heavy atom. The zero-order valence-electron chi connectivity index (χ0n) is 11.2. The van der Waals surface area contributed by atoms with Crippen LogP contribution in [0.15, 0.2) is 16.6 Å². The molecule has 1 aromatic rings. The van der Waals surface area contributed by atoms with Gasteiger partial charge in [-0.05, 0) is 47.0 Å². The Bertz CT molecular complexity index is 523. The number of carboxylic acids is 1. The molecule has 2 amide bonds. The fourth-order valence-electron chi connectivity index (χ4n) is 1.64. The van der Waals surface area contributed by atoms with Crippen molar-refractivity contribution in [3.05, 3.63) is 28.0 Å². The predicted octanol–water partition coefficient (Wildman–Crippen LogP) is 3.27. The molecule has 3 N–H and O–H groups in total. The van der Waals surface area contributed by atoms with E-state index in [-0.39, 0.29) is 4.47 Å². The second-order valence-electron chi connectivity index (χ2n) is 4.36. The van der Waals surface area contributed by atoms with Gasteiger partial charge in [0.1, 0.15) is 11.9 Å². The number of urea groups is 1. The van der Waals surface area contributed by atoms with Gasteiger partial charge in [0.05, 0.1) is 4.47 Å². The summed E-state index contributed by atoms with van der Waals surface area (Å²) < 4.78 is 13.5. The molecule has 1 unspecified atom stereocenters. The molecule has 0 aliphatic rings. The largest absolute Gasteiger partial charge is 0.480 e. The molecule has 1 aromatic carbocycles. The van der Waals surface area contributed by atoms with Crippen molar-refractivity contribution in [1.29, 1.82) is 0 Å². The number of nitrogens with one attached hydrogen (secondary N) is 2. The van der Waals surface area contributed by atoms with Gasteiger partial charge in [-0.15, -0.1) is 0 Å². The minimum Gasteiger partial charge on any atom is -0.480 e. The maximum atomic E-state index is 13.3. The molecule has 110 valence electrons. The first kappa shape index (κ1) is 16.4. The topological polar surface area (TPSA) is 78.4 Å². The van der Waals surface area contributed by atoms with Crippen LogP contribution in [0.25, 0.3) is 0 Å². The Balaban J connectivity index is 2.75. The lowest BCUT2D eigenvalue weighted by molar-refractivity contribution is -0.139. The molecular weight excluding hydrogens is 331 g/mol. The molecule has 0 radical (unpaired) electrons. The number of carbonyl (C=O) groups excluding carboxylic acids is 1. The number of aryl methyl sites for hydroxylation is 1. The number of benzene rings is 1. The molecule has 1 atom stereocenters. The van der Waals surface area contributed by atoms with Gasteiger partial charge in [0.2, 0.25) is 0 Å². The van der Waals surface area contributed by atoms with Crippen LogP contribution in [0.4, 0.5) is 14.9 Å². The van der Waals surface area contributed by atoms with Crippen LogP contribution in [0.3, 0.4) is 0 Å². The second kappa shape index (κ2) is 7.23. The van der Waals surface area contributed by atoms with Gasteiger partial charge in [-0.3, -0.25) is 0 Å². The van der Waals surface area contributed by atoms with E-state index in [2.05, 4.69) is 26.6 Å². The number of aliphatic carboxylic acids is 1. The van der Waals surface area contributed by atoms with Crippen LogP contribution in [-0.2, 0) is 4.79 Å². The first-order valence-corrected chi connectivity index (χ1v) is 6.90. The molecule has 1 rings (SSSR count). The van der Waals surface area contributed by atoms with Crippen LogP contribution >= 0.6 is 15.9 Å². The number of rotatable bonds is 5. The second-order valence-corrected chi connectivity index (χ2v) is 5.21. The van der Waals surface area contributed by atoms with Gasteiger partial charge in [0, 0.05) is 5.69 Å². The van der Waals surface area contributed by atoms with Gasteiger partial charge < -0.3 is 15.7 Å². The van der Waals surface area contributed by atoms with E-state index in [0.29, 0.717) is 24.1 Å². The molecule has 20 heavy (non-hydrogen) atoms. The highest BCUT2D eigenvalue weighted by molar-refractivity contribution is 9.10. The molecule has 7 heteroatoms. The van der Waals surface area contributed by atoms with E-state index < -0.39 is 23.9 Å². The molecule has 0 aliphatic carbocycles. The van der Waals surface area contributed by atoms with Crippen LogP contribution in [0, 0.1) is 12.7 Å². The number of anilines is 1. The highest BCUT2D eigenvalue weighted by atomic mass is 79.9. The number of hydrogen-bond donors (Lipinski definition) is 3. The van der Waals surface area contributed by atoms with Crippen molar-refractivity contribution in [3.8, 4) is 0 Å². The molecule has 0 heterocycles. The highest BCUT2D eigenvalue weighted by Crippen LogP contribution is 2.24. The summed E-state index contributed by atoms with van der Waals surface area (Å²) in [6, 6.07) is 1.14. The van der Waals surface area contributed by atoms with Crippen molar-refractivity contribution in [1.82, 2.24) is 5.32 Å². The Hall–Kier alpha value is -1.63. The van der Waals surface area contributed by atoms with Gasteiger partial charge in [-0.1, -0.05) is 13.3 Å². The quantitative estimate of drug-likeness (QED) is 0.765. The van der Waals surface area contributed by atoms with Gasteiger partial charge in [0.15, 0.2) is 0 Å². The summed E-state index contributed by atoms with van der Waals surface area (Å²) in [5, 5.41) is 13.8. The van der Waals surface area contributed by atoms with E-state index in [1.165, 1.54) is 12.1 Å². The van der Waals surface area contributed by atoms with E-state index in [1.54, 1.807) is 6.92 Å². The normalized spacial score (nSPS) is 11.8. The van der Waals surface area contributed by atoms with Crippen LogP contribution in [0.1, 0.15) is 25.3 Å². The minimum absolute atomic E-state index is 0.224. The van der Waals surface area contributed by atoms with E-state index in [4.69, 9.17) is 5.11 Å². The van der Waals surface area contributed by atoms with Crippen molar-refractivity contribution >= 4 is 33.6 Å². The lowest BCUT2D eigenvalue weighted by Gasteiger charge is -2.15. The molecule has 0 spiro atoms. The summed E-state index contributed by atoms with van der Waals surface area (Å²) in [5.41, 5.74) is 0.958. The summed E-state index contributed by atoms with van der Waals surface area (Å²) in [6.45, 7) is 3.47. The standard InChI is InChI=1S/C13H16BrFN2O3/c1-3-4-10(12(18)19)16-13(20)17-11-6-8(14)9(15)5-7(11)2/h5-6,10H,3-4H2,1-2H3,(H,18,19)(H2,16,17,20). The van der Waals surface area contributed by atoms with Crippen molar-refractivity contribution in [2.24, 2.45) is 0 Å². The first-order valence-electron chi connectivity index (χ1n) is 6.11. The number of carbonyl (C=O) groups is 2. The average Bonchev–Trinajstić information content (AvgIpc) is 2.35. The van der Waals surface area contributed by atoms with Gasteiger partial charge in [0.25, 0.3) is 0 Å². The SMILES string of the molecule is CCCC(NC(=O)Nc1cc(Br)c(F)cc1C)C(=O)O. The summed E-state index contributed by atoms with van der Waals surface area (Å²) >= 11 is 3.03. The maximum absolute atomic E-state index is 13.3. The minimum atomic E-state index is -1.08. The summed E-state index contributed by atoms with van der Waals surface area (Å²) in [4.78, 5) is 22.7. The lowest BCUT2D eigenvalue weighted by atomic mass is 10.1. The first-order chi connectivity index (χ1) is 9.35. The predicted molar refractivity (Wildman–Crippen MR) is 77.3 cm³/mol. The molecular formula is C13H16BrFN2O3. The van der Waals surface area contributed by atoms with E-state index in [9.17, 15) is 14.0 Å². The number of carboxylic acid groups (broad SMARTS) is 1. The van der Waals surface area contributed by atoms with Crippen molar-refractivity contribution < 1.29 is 19.1 Å². The van der Waals surface area contributed by atoms with Gasteiger partial charge >= 0.3 is 12.0 Å². The zero-order chi connectivity index (χ0) is 15.3. The highest BCUT2D eigenvalue weighted by Gasteiger charge is 2.19. The Morgan fingerprint density at radius 1 is 1.45 bits per heavy atom. The van der Waals surface area contributed by atoms with Crippen molar-refractivity contribution in [3.63, 3.8) is 0 Å². The van der Waals surface area contributed by atoms with Crippen molar-refractivity contribution in [2.45, 2.75) is 32.7 Å². The fraction of sp³-hybridized carbons (Fsp3) is 0.385. The monoisotopic (exact) mass is 346 g/mol. The van der Waals surface area contributed by atoms with Crippen LogP contribution in [0.5, 0.6) is 0 Å². The number of hydrogen-bond acceptors (Lipinski definition) is 2. The third-order valence-electron chi connectivity index (χ3n) is 2.70. The zero-order valence-corrected chi connectivity index (χ0v) is 12.8. The molecule has 0 fully saturated rings. The third kappa shape index (κ3) is 4.48. The summed E-state index contributed by atoms with van der Waals surface area (Å²) in [5.74, 6) is -1.51. The van der Waals surface area contributed by atoms with E-state index in [0.717, 1.165) is 0 Å². The maximum Gasteiger partial charge on any atom is 0.326 e. The Labute approximate surface area is 124 Å². The van der Waals surface area contributed by atoms with Crippen LogP contribution in [0.2, 0.25) is 0 Å². The van der Waals surface area contributed by atoms with E-state index >= 15 is 0 Å². The fourth-order valence-corrected chi connectivity index (χ4v) is 1.99. The third-order valence-corrected chi connectivity index (χ3v) is 3.30. The lowest BCUT2D eigenvalue weighted by Crippen LogP contribution is -2.43. The summed E-state index contributed by atoms with van der Waals surface area (Å²) in [7, 11) is 0. The molecule has 5 nitrogen and oxygen atoms in total. The number of amides is 2. The van der Waals surface area contributed by atoms with Gasteiger partial charge in [-0.2, -0.15) is 0 Å². The number of halogens is 2. The van der Waals surface area contributed by atoms with E-state index in [1.807, 2.05) is 6.92 Å². The molecule has 0 aliphatic heterocycles. The summed E-state index contributed by atoms with van der Waals surface area (Å²) in [6.07, 6.45) is 0.979. The van der Waals surface area contributed by atoms with Crippen LogP contribution in [-0.4, -0.2) is 23.1 Å².